The predicted octanol–water partition coefficient (Wildman–Crippen LogP) is 3.31. The van der Waals surface area contributed by atoms with Gasteiger partial charge in [-0.1, -0.05) is 23.2 Å². The molecule has 0 N–H and O–H groups in total. The standard InChI is InChI=1S/C14H15Cl2N3O/c1-9-10(7-17-19(9)3)8-18(2)14(20)12-5-4-11(15)6-13(12)16/h4-7H,8H2,1-3H3. The van der Waals surface area contributed by atoms with E-state index in [1.54, 1.807) is 41.0 Å². The van der Waals surface area contributed by atoms with Crippen LogP contribution in [0, 0.1) is 6.92 Å². The molecule has 0 aliphatic rings. The smallest absolute Gasteiger partial charge is 0.255 e. The van der Waals surface area contributed by atoms with E-state index < -0.39 is 0 Å². The number of halogens is 2. The first kappa shape index (κ1) is 14.9. The monoisotopic (exact) mass is 311 g/mol. The minimum Gasteiger partial charge on any atom is -0.337 e. The second-order valence-electron chi connectivity index (χ2n) is 4.66. The van der Waals surface area contributed by atoms with Crippen LogP contribution in [0.2, 0.25) is 10.0 Å². The van der Waals surface area contributed by atoms with E-state index in [4.69, 9.17) is 23.2 Å². The van der Waals surface area contributed by atoms with Crippen molar-refractivity contribution in [1.82, 2.24) is 14.7 Å². The Morgan fingerprint density at radius 2 is 2.10 bits per heavy atom. The summed E-state index contributed by atoms with van der Waals surface area (Å²) in [5, 5.41) is 5.04. The Kier molecular flexibility index (Phi) is 4.35. The quantitative estimate of drug-likeness (QED) is 0.872. The summed E-state index contributed by atoms with van der Waals surface area (Å²) in [4.78, 5) is 14.0. The van der Waals surface area contributed by atoms with Crippen LogP contribution in [0.4, 0.5) is 0 Å². The van der Waals surface area contributed by atoms with Crippen LogP contribution in [0.15, 0.2) is 24.4 Å². The molecule has 0 aliphatic heterocycles. The van der Waals surface area contributed by atoms with E-state index in [0.29, 0.717) is 22.2 Å². The van der Waals surface area contributed by atoms with Crippen molar-refractivity contribution in [3.05, 3.63) is 51.3 Å². The van der Waals surface area contributed by atoms with Gasteiger partial charge >= 0.3 is 0 Å². The molecular formula is C14H15Cl2N3O. The summed E-state index contributed by atoms with van der Waals surface area (Å²) in [6.07, 6.45) is 1.77. The SMILES string of the molecule is Cc1c(CN(C)C(=O)c2ccc(Cl)cc2Cl)cnn1C. The number of carbonyl (C=O) groups excluding carboxylic acids is 1. The summed E-state index contributed by atoms with van der Waals surface area (Å²) in [5.74, 6) is -0.144. The number of hydrogen-bond acceptors (Lipinski definition) is 2. The Morgan fingerprint density at radius 3 is 2.65 bits per heavy atom. The Hall–Kier alpha value is -1.52. The molecule has 2 aromatic rings. The molecule has 1 heterocycles. The highest BCUT2D eigenvalue weighted by Crippen LogP contribution is 2.22. The van der Waals surface area contributed by atoms with Gasteiger partial charge in [-0.3, -0.25) is 9.48 Å². The Bertz CT molecular complexity index is 652. The lowest BCUT2D eigenvalue weighted by Crippen LogP contribution is -2.26. The van der Waals surface area contributed by atoms with E-state index in [1.807, 2.05) is 14.0 Å². The second-order valence-corrected chi connectivity index (χ2v) is 5.51. The highest BCUT2D eigenvalue weighted by atomic mass is 35.5. The summed E-state index contributed by atoms with van der Waals surface area (Å²) in [7, 11) is 3.61. The summed E-state index contributed by atoms with van der Waals surface area (Å²) in [5.41, 5.74) is 2.49. The zero-order chi connectivity index (χ0) is 14.9. The molecule has 0 unspecified atom stereocenters. The van der Waals surface area contributed by atoms with Crippen LogP contribution >= 0.6 is 23.2 Å². The van der Waals surface area contributed by atoms with Crippen molar-refractivity contribution in [3.8, 4) is 0 Å². The molecule has 0 saturated heterocycles. The van der Waals surface area contributed by atoms with Crippen molar-refractivity contribution < 1.29 is 4.79 Å². The van der Waals surface area contributed by atoms with Gasteiger partial charge in [-0.05, 0) is 25.1 Å². The third kappa shape index (κ3) is 2.97. The van der Waals surface area contributed by atoms with Crippen molar-refractivity contribution >= 4 is 29.1 Å². The van der Waals surface area contributed by atoms with Crippen LogP contribution in [0.3, 0.4) is 0 Å². The van der Waals surface area contributed by atoms with E-state index in [2.05, 4.69) is 5.10 Å². The lowest BCUT2D eigenvalue weighted by molar-refractivity contribution is 0.0785. The third-order valence-electron chi connectivity index (χ3n) is 3.25. The van der Waals surface area contributed by atoms with Gasteiger partial charge in [0.15, 0.2) is 0 Å². The van der Waals surface area contributed by atoms with Gasteiger partial charge in [0.2, 0.25) is 0 Å². The molecule has 0 fully saturated rings. The van der Waals surface area contributed by atoms with E-state index in [0.717, 1.165) is 11.3 Å². The molecule has 0 bridgehead atoms. The molecule has 4 nitrogen and oxygen atoms in total. The van der Waals surface area contributed by atoms with Gasteiger partial charge in [-0.2, -0.15) is 5.10 Å². The molecule has 1 aromatic heterocycles. The van der Waals surface area contributed by atoms with Gasteiger partial charge in [0.25, 0.3) is 5.91 Å². The van der Waals surface area contributed by atoms with Crippen LogP contribution in [-0.2, 0) is 13.6 Å². The summed E-state index contributed by atoms with van der Waals surface area (Å²) < 4.78 is 1.78. The normalized spacial score (nSPS) is 10.7. The molecule has 0 atom stereocenters. The molecule has 0 saturated carbocycles. The summed E-state index contributed by atoms with van der Waals surface area (Å²) in [6.45, 7) is 2.45. The van der Waals surface area contributed by atoms with E-state index in [-0.39, 0.29) is 5.91 Å². The Morgan fingerprint density at radius 1 is 1.40 bits per heavy atom. The first-order valence-corrected chi connectivity index (χ1v) is 6.83. The number of hydrogen-bond donors (Lipinski definition) is 0. The van der Waals surface area contributed by atoms with Crippen molar-refractivity contribution in [2.75, 3.05) is 7.05 Å². The Balaban J connectivity index is 2.18. The number of aromatic nitrogens is 2. The fraction of sp³-hybridized carbons (Fsp3) is 0.286. The maximum absolute atomic E-state index is 12.4. The topological polar surface area (TPSA) is 38.1 Å². The molecule has 1 aromatic carbocycles. The van der Waals surface area contributed by atoms with Crippen LogP contribution in [-0.4, -0.2) is 27.6 Å². The molecular weight excluding hydrogens is 297 g/mol. The first-order valence-electron chi connectivity index (χ1n) is 6.08. The number of nitrogens with zero attached hydrogens (tertiary/aromatic N) is 3. The summed E-state index contributed by atoms with van der Waals surface area (Å²) >= 11 is 11.9. The van der Waals surface area contributed by atoms with E-state index in [1.165, 1.54) is 0 Å². The minimum atomic E-state index is -0.144. The van der Waals surface area contributed by atoms with Gasteiger partial charge in [-0.15, -0.1) is 0 Å². The highest BCUT2D eigenvalue weighted by Gasteiger charge is 2.17. The van der Waals surface area contributed by atoms with Gasteiger partial charge in [-0.25, -0.2) is 0 Å². The van der Waals surface area contributed by atoms with Crippen LogP contribution in [0.1, 0.15) is 21.6 Å². The molecule has 0 spiro atoms. The maximum atomic E-state index is 12.4. The van der Waals surface area contributed by atoms with Gasteiger partial charge in [0.05, 0.1) is 16.8 Å². The average molecular weight is 312 g/mol. The zero-order valence-electron chi connectivity index (χ0n) is 11.5. The van der Waals surface area contributed by atoms with Crippen LogP contribution < -0.4 is 0 Å². The van der Waals surface area contributed by atoms with Crippen molar-refractivity contribution in [1.29, 1.82) is 0 Å². The van der Waals surface area contributed by atoms with Crippen molar-refractivity contribution in [3.63, 3.8) is 0 Å². The number of aryl methyl sites for hydroxylation is 1. The molecule has 20 heavy (non-hydrogen) atoms. The minimum absolute atomic E-state index is 0.144. The van der Waals surface area contributed by atoms with Crippen LogP contribution in [0.5, 0.6) is 0 Å². The third-order valence-corrected chi connectivity index (χ3v) is 3.80. The van der Waals surface area contributed by atoms with Crippen molar-refractivity contribution in [2.45, 2.75) is 13.5 Å². The number of benzene rings is 1. The average Bonchev–Trinajstić information content (AvgIpc) is 2.70. The number of carbonyl (C=O) groups is 1. The number of rotatable bonds is 3. The zero-order valence-corrected chi connectivity index (χ0v) is 13.0. The molecule has 6 heteroatoms. The molecule has 106 valence electrons. The molecule has 1 amide bonds. The van der Waals surface area contributed by atoms with Crippen LogP contribution in [0.25, 0.3) is 0 Å². The number of amides is 1. The molecule has 0 radical (unpaired) electrons. The van der Waals surface area contributed by atoms with Gasteiger partial charge in [0.1, 0.15) is 0 Å². The second kappa shape index (κ2) is 5.85. The predicted molar refractivity (Wildman–Crippen MR) is 80.2 cm³/mol. The first-order chi connectivity index (χ1) is 9.40. The Labute approximate surface area is 127 Å². The fourth-order valence-corrected chi connectivity index (χ4v) is 2.38. The maximum Gasteiger partial charge on any atom is 0.255 e. The highest BCUT2D eigenvalue weighted by molar-refractivity contribution is 6.36. The van der Waals surface area contributed by atoms with E-state index in [9.17, 15) is 4.79 Å². The lowest BCUT2D eigenvalue weighted by Gasteiger charge is -2.17. The fourth-order valence-electron chi connectivity index (χ4n) is 1.90. The molecule has 0 aliphatic carbocycles. The summed E-state index contributed by atoms with van der Waals surface area (Å²) in [6, 6.07) is 4.86. The van der Waals surface area contributed by atoms with E-state index >= 15 is 0 Å². The van der Waals surface area contributed by atoms with Gasteiger partial charge in [0, 0.05) is 36.9 Å². The largest absolute Gasteiger partial charge is 0.337 e. The molecule has 2 rings (SSSR count). The lowest BCUT2D eigenvalue weighted by atomic mass is 10.2. The van der Waals surface area contributed by atoms with Gasteiger partial charge < -0.3 is 4.90 Å². The van der Waals surface area contributed by atoms with Crippen molar-refractivity contribution in [2.24, 2.45) is 7.05 Å².